The molecule has 0 spiro atoms. The van der Waals surface area contributed by atoms with Crippen LogP contribution in [0.5, 0.6) is 11.5 Å². The van der Waals surface area contributed by atoms with E-state index in [-0.39, 0.29) is 0 Å². The van der Waals surface area contributed by atoms with Gasteiger partial charge in [0.1, 0.15) is 11.5 Å². The van der Waals surface area contributed by atoms with Gasteiger partial charge in [0.25, 0.3) is 0 Å². The smallest absolute Gasteiger partial charge is 0.247 e. The molecule has 0 amide bonds. The fourth-order valence-electron chi connectivity index (χ4n) is 2.45. The van der Waals surface area contributed by atoms with E-state index in [1.165, 1.54) is 17.5 Å². The molecule has 24 heavy (non-hydrogen) atoms. The minimum absolute atomic E-state index is 0.503. The Labute approximate surface area is 141 Å². The molecule has 0 aliphatic rings. The molecule has 1 heterocycles. The van der Waals surface area contributed by atoms with Crippen molar-refractivity contribution in [2.24, 2.45) is 0 Å². The van der Waals surface area contributed by atoms with Gasteiger partial charge < -0.3 is 13.9 Å². The van der Waals surface area contributed by atoms with Crippen LogP contribution in [0.15, 0.2) is 53.3 Å². The van der Waals surface area contributed by atoms with Gasteiger partial charge in [-0.15, -0.1) is 10.2 Å². The Morgan fingerprint density at radius 1 is 0.875 bits per heavy atom. The van der Waals surface area contributed by atoms with Crippen molar-refractivity contribution in [3.05, 3.63) is 60.0 Å². The highest BCUT2D eigenvalue weighted by molar-refractivity contribution is 5.53. The second kappa shape index (κ2) is 7.64. The third kappa shape index (κ3) is 4.35. The molecule has 124 valence electrons. The largest absolute Gasteiger partial charge is 0.493 e. The first kappa shape index (κ1) is 16.1. The third-order valence-electron chi connectivity index (χ3n) is 3.48. The Balaban J connectivity index is 1.42. The Morgan fingerprint density at radius 2 is 1.54 bits per heavy atom. The van der Waals surface area contributed by atoms with Gasteiger partial charge in [-0.3, -0.25) is 0 Å². The summed E-state index contributed by atoms with van der Waals surface area (Å²) in [6, 6.07) is 13.8. The zero-order chi connectivity index (χ0) is 16.8. The summed E-state index contributed by atoms with van der Waals surface area (Å²) in [4.78, 5) is 0. The first-order valence-electron chi connectivity index (χ1n) is 7.91. The molecule has 5 heteroatoms. The Hall–Kier alpha value is -2.82. The molecule has 0 unspecified atom stereocenters. The maximum absolute atomic E-state index is 5.77. The molecule has 0 radical (unpaired) electrons. The topological polar surface area (TPSA) is 57.4 Å². The van der Waals surface area contributed by atoms with Crippen LogP contribution in [0.2, 0.25) is 0 Å². The van der Waals surface area contributed by atoms with Crippen LogP contribution in [0, 0.1) is 13.8 Å². The van der Waals surface area contributed by atoms with Gasteiger partial charge >= 0.3 is 0 Å². The zero-order valence-electron chi connectivity index (χ0n) is 13.9. The summed E-state index contributed by atoms with van der Waals surface area (Å²) in [5.74, 6) is 2.23. The molecule has 0 saturated carbocycles. The van der Waals surface area contributed by atoms with Crippen LogP contribution in [-0.2, 0) is 0 Å². The predicted octanol–water partition coefficient (Wildman–Crippen LogP) is 4.20. The van der Waals surface area contributed by atoms with E-state index in [1.807, 2.05) is 36.4 Å². The van der Waals surface area contributed by atoms with E-state index in [2.05, 4.69) is 30.1 Å². The lowest BCUT2D eigenvalue weighted by Gasteiger charge is -2.09. The van der Waals surface area contributed by atoms with E-state index < -0.39 is 0 Å². The molecule has 0 saturated heterocycles. The van der Waals surface area contributed by atoms with Crippen molar-refractivity contribution >= 4 is 0 Å². The Kier molecular flexibility index (Phi) is 5.11. The van der Waals surface area contributed by atoms with Crippen molar-refractivity contribution in [2.45, 2.75) is 20.3 Å². The second-order valence-electron chi connectivity index (χ2n) is 5.64. The van der Waals surface area contributed by atoms with Gasteiger partial charge in [-0.1, -0.05) is 6.07 Å². The number of aromatic nitrogens is 2. The number of ether oxygens (including phenoxy) is 2. The molecular weight excluding hydrogens is 304 g/mol. The van der Waals surface area contributed by atoms with E-state index in [0.29, 0.717) is 19.1 Å². The number of benzene rings is 2. The van der Waals surface area contributed by atoms with Gasteiger partial charge in [0.05, 0.1) is 13.2 Å². The van der Waals surface area contributed by atoms with Gasteiger partial charge in [0.2, 0.25) is 12.3 Å². The quantitative estimate of drug-likeness (QED) is 0.610. The summed E-state index contributed by atoms with van der Waals surface area (Å²) < 4.78 is 16.6. The third-order valence-corrected chi connectivity index (χ3v) is 3.48. The summed E-state index contributed by atoms with van der Waals surface area (Å²) in [5.41, 5.74) is 3.29. The number of hydrogen-bond acceptors (Lipinski definition) is 5. The van der Waals surface area contributed by atoms with Crippen LogP contribution >= 0.6 is 0 Å². The van der Waals surface area contributed by atoms with Crippen LogP contribution in [0.1, 0.15) is 17.5 Å². The van der Waals surface area contributed by atoms with Gasteiger partial charge in [-0.25, -0.2) is 0 Å². The minimum Gasteiger partial charge on any atom is -0.493 e. The Morgan fingerprint density at radius 3 is 2.17 bits per heavy atom. The van der Waals surface area contributed by atoms with E-state index in [4.69, 9.17) is 13.9 Å². The van der Waals surface area contributed by atoms with E-state index in [9.17, 15) is 0 Å². The lowest BCUT2D eigenvalue weighted by Crippen LogP contribution is -2.05. The number of hydrogen-bond donors (Lipinski definition) is 0. The molecule has 0 aliphatic carbocycles. The molecule has 2 aromatic carbocycles. The molecule has 0 N–H and O–H groups in total. The van der Waals surface area contributed by atoms with E-state index in [1.54, 1.807) is 0 Å². The maximum atomic E-state index is 5.77. The molecule has 3 aromatic rings. The monoisotopic (exact) mass is 324 g/mol. The summed E-state index contributed by atoms with van der Waals surface area (Å²) in [6.45, 7) is 5.37. The summed E-state index contributed by atoms with van der Waals surface area (Å²) >= 11 is 0. The van der Waals surface area contributed by atoms with Crippen molar-refractivity contribution in [1.82, 2.24) is 10.2 Å². The van der Waals surface area contributed by atoms with Crippen molar-refractivity contribution in [1.29, 1.82) is 0 Å². The number of nitrogens with zero attached hydrogens (tertiary/aromatic N) is 2. The van der Waals surface area contributed by atoms with Crippen LogP contribution in [0.3, 0.4) is 0 Å². The van der Waals surface area contributed by atoms with Crippen molar-refractivity contribution in [2.75, 3.05) is 13.2 Å². The molecular formula is C19H20N2O3. The molecule has 0 fully saturated rings. The first-order valence-corrected chi connectivity index (χ1v) is 7.91. The maximum Gasteiger partial charge on any atom is 0.247 e. The molecule has 0 aliphatic heterocycles. The molecule has 0 atom stereocenters. The summed E-state index contributed by atoms with van der Waals surface area (Å²) in [6.07, 6.45) is 2.13. The van der Waals surface area contributed by atoms with E-state index >= 15 is 0 Å². The van der Waals surface area contributed by atoms with Crippen molar-refractivity contribution in [3.8, 4) is 23.0 Å². The van der Waals surface area contributed by atoms with Gasteiger partial charge in [-0.2, -0.15) is 0 Å². The van der Waals surface area contributed by atoms with E-state index in [0.717, 1.165) is 23.5 Å². The molecule has 3 rings (SSSR count). The summed E-state index contributed by atoms with van der Waals surface area (Å²) in [7, 11) is 0. The average molecular weight is 324 g/mol. The lowest BCUT2D eigenvalue weighted by molar-refractivity contribution is 0.247. The van der Waals surface area contributed by atoms with Crippen molar-refractivity contribution < 1.29 is 13.9 Å². The minimum atomic E-state index is 0.503. The highest BCUT2D eigenvalue weighted by atomic mass is 16.5. The SMILES string of the molecule is Cc1cc(C)cc(OCCCOc2ccc(-c3nnco3)cc2)c1. The summed E-state index contributed by atoms with van der Waals surface area (Å²) in [5, 5.41) is 7.53. The normalized spacial score (nSPS) is 10.6. The molecule has 1 aromatic heterocycles. The predicted molar refractivity (Wildman–Crippen MR) is 91.3 cm³/mol. The highest BCUT2D eigenvalue weighted by Crippen LogP contribution is 2.20. The van der Waals surface area contributed by atoms with Gasteiger partial charge in [0, 0.05) is 12.0 Å². The second-order valence-corrected chi connectivity index (χ2v) is 5.64. The van der Waals surface area contributed by atoms with Gasteiger partial charge in [0.15, 0.2) is 0 Å². The molecule has 0 bridgehead atoms. The van der Waals surface area contributed by atoms with Crippen LogP contribution in [-0.4, -0.2) is 23.4 Å². The number of rotatable bonds is 7. The van der Waals surface area contributed by atoms with Crippen molar-refractivity contribution in [3.63, 3.8) is 0 Å². The van der Waals surface area contributed by atoms with Crippen LogP contribution in [0.25, 0.3) is 11.5 Å². The Bertz CT molecular complexity index is 748. The fraction of sp³-hybridized carbons (Fsp3) is 0.263. The standard InChI is InChI=1S/C19H20N2O3/c1-14-10-15(2)12-18(11-14)23-9-3-8-22-17-6-4-16(5-7-17)19-21-20-13-24-19/h4-7,10-13H,3,8-9H2,1-2H3. The highest BCUT2D eigenvalue weighted by Gasteiger charge is 2.03. The fourth-order valence-corrected chi connectivity index (χ4v) is 2.45. The molecule has 5 nitrogen and oxygen atoms in total. The number of aryl methyl sites for hydroxylation is 2. The average Bonchev–Trinajstić information content (AvgIpc) is 3.09. The first-order chi connectivity index (χ1) is 11.7. The van der Waals surface area contributed by atoms with Crippen LogP contribution < -0.4 is 9.47 Å². The lowest BCUT2D eigenvalue weighted by atomic mass is 10.1. The van der Waals surface area contributed by atoms with Crippen LogP contribution in [0.4, 0.5) is 0 Å². The zero-order valence-corrected chi connectivity index (χ0v) is 13.9. The van der Waals surface area contributed by atoms with Gasteiger partial charge in [-0.05, 0) is 61.4 Å².